The molecule has 2 heterocycles. The highest BCUT2D eigenvalue weighted by Gasteiger charge is 2.24. The van der Waals surface area contributed by atoms with Crippen molar-refractivity contribution in [3.05, 3.63) is 95.3 Å². The summed E-state index contributed by atoms with van der Waals surface area (Å²) >= 11 is 0. The Kier molecular flexibility index (Phi) is 7.60. The number of aromatic nitrogens is 4. The first-order valence-corrected chi connectivity index (χ1v) is 16.5. The molecule has 0 saturated heterocycles. The fourth-order valence-corrected chi connectivity index (χ4v) is 6.40. The third-order valence-corrected chi connectivity index (χ3v) is 9.14. The van der Waals surface area contributed by atoms with Gasteiger partial charge in [-0.2, -0.15) is 10.2 Å². The maximum atomic E-state index is 12.9. The van der Waals surface area contributed by atoms with Crippen molar-refractivity contribution in [1.29, 1.82) is 0 Å². The molecule has 7 heteroatoms. The molecule has 1 N–H and O–H groups in total. The molecule has 6 nitrogen and oxygen atoms in total. The van der Waals surface area contributed by atoms with Crippen molar-refractivity contribution in [1.82, 2.24) is 19.6 Å². The number of aliphatic hydroxyl groups is 1. The Hall–Kier alpha value is -3.47. The van der Waals surface area contributed by atoms with Crippen LogP contribution in [0.15, 0.2) is 72.9 Å². The van der Waals surface area contributed by atoms with Gasteiger partial charge in [0.05, 0.1) is 29.5 Å². The fourth-order valence-electron chi connectivity index (χ4n) is 5.52. The maximum Gasteiger partial charge on any atom is 0.109 e. The summed E-state index contributed by atoms with van der Waals surface area (Å²) in [6, 6.07) is 22.0. The molecular weight excluding hydrogens is 515 g/mol. The van der Waals surface area contributed by atoms with E-state index in [2.05, 4.69) is 57.5 Å². The standard InChI is InChI=1S/C33H39N4O2P/c1-21(2)27-18-25(40(6,7)39)16-17-30(27)37-23(5)32(22(3)4)33(35-37)26-14-11-15-29-28(26)19-36(34-29)20-31(38)24-12-9-8-10-13-24/h8-19,21-22,31,38H,20H2,1-7H3/t31-/m0/s1. The van der Waals surface area contributed by atoms with Crippen LogP contribution in [0.5, 0.6) is 0 Å². The van der Waals surface area contributed by atoms with E-state index < -0.39 is 13.2 Å². The average molecular weight is 555 g/mol. The number of aliphatic hydroxyl groups excluding tert-OH is 1. The highest BCUT2D eigenvalue weighted by atomic mass is 31.2. The molecule has 1 atom stereocenters. The zero-order valence-corrected chi connectivity index (χ0v) is 25.4. The van der Waals surface area contributed by atoms with Gasteiger partial charge in [-0.25, -0.2) is 4.68 Å². The van der Waals surface area contributed by atoms with Gasteiger partial charge in [-0.15, -0.1) is 0 Å². The SMILES string of the molecule is Cc1c(C(C)C)c(-c2cccc3nn(C[C@H](O)c4ccccc4)cc23)nn1-c1ccc(P(C)(C)=O)cc1C(C)C. The Balaban J connectivity index is 1.63. The van der Waals surface area contributed by atoms with E-state index in [1.807, 2.05) is 72.7 Å². The van der Waals surface area contributed by atoms with E-state index in [-0.39, 0.29) is 11.8 Å². The van der Waals surface area contributed by atoms with Gasteiger partial charge in [0.25, 0.3) is 0 Å². The zero-order chi connectivity index (χ0) is 28.8. The first-order valence-electron chi connectivity index (χ1n) is 13.9. The summed E-state index contributed by atoms with van der Waals surface area (Å²) in [5, 5.41) is 22.7. The quantitative estimate of drug-likeness (QED) is 0.203. The van der Waals surface area contributed by atoms with Crippen molar-refractivity contribution in [3.63, 3.8) is 0 Å². The second kappa shape index (κ2) is 10.8. The highest BCUT2D eigenvalue weighted by molar-refractivity contribution is 7.70. The van der Waals surface area contributed by atoms with Gasteiger partial charge in [0, 0.05) is 33.7 Å². The molecule has 0 aliphatic carbocycles. The predicted octanol–water partition coefficient (Wildman–Crippen LogP) is 7.43. The van der Waals surface area contributed by atoms with E-state index >= 15 is 0 Å². The minimum Gasteiger partial charge on any atom is -0.386 e. The second-order valence-electron chi connectivity index (χ2n) is 11.7. The molecule has 0 aliphatic heterocycles. The molecule has 5 aromatic rings. The van der Waals surface area contributed by atoms with E-state index in [4.69, 9.17) is 10.2 Å². The lowest BCUT2D eigenvalue weighted by molar-refractivity contribution is 0.152. The predicted molar refractivity (Wildman–Crippen MR) is 166 cm³/mol. The molecule has 0 amide bonds. The first-order chi connectivity index (χ1) is 19.0. The molecule has 5 rings (SSSR count). The largest absolute Gasteiger partial charge is 0.386 e. The third kappa shape index (κ3) is 5.31. The number of benzene rings is 3. The molecule has 3 aromatic carbocycles. The van der Waals surface area contributed by atoms with E-state index in [1.165, 1.54) is 5.56 Å². The average Bonchev–Trinajstić information content (AvgIpc) is 3.48. The number of rotatable bonds is 8. The molecular formula is C33H39N4O2P. The normalized spacial score (nSPS) is 13.1. The maximum absolute atomic E-state index is 12.9. The molecule has 40 heavy (non-hydrogen) atoms. The second-order valence-corrected chi connectivity index (χ2v) is 14.9. The lowest BCUT2D eigenvalue weighted by atomic mass is 9.95. The van der Waals surface area contributed by atoms with Gasteiger partial charge in [-0.05, 0) is 67.5 Å². The molecule has 0 spiro atoms. The van der Waals surface area contributed by atoms with Crippen molar-refractivity contribution in [2.45, 2.75) is 59.1 Å². The Labute approximate surface area is 237 Å². The molecule has 0 bridgehead atoms. The minimum atomic E-state index is -2.39. The summed E-state index contributed by atoms with van der Waals surface area (Å²) in [7, 11) is -2.39. The van der Waals surface area contributed by atoms with Gasteiger partial charge in [-0.1, -0.05) is 70.2 Å². The number of hydrogen-bond acceptors (Lipinski definition) is 4. The Morgan fingerprint density at radius 2 is 1.62 bits per heavy atom. The van der Waals surface area contributed by atoms with Gasteiger partial charge in [0.1, 0.15) is 7.14 Å². The van der Waals surface area contributed by atoms with Crippen LogP contribution in [0.25, 0.3) is 27.8 Å². The van der Waals surface area contributed by atoms with Gasteiger partial charge < -0.3 is 9.67 Å². The Morgan fingerprint density at radius 3 is 2.27 bits per heavy atom. The van der Waals surface area contributed by atoms with Crippen molar-refractivity contribution in [3.8, 4) is 16.9 Å². The lowest BCUT2D eigenvalue weighted by Gasteiger charge is -2.18. The molecule has 208 valence electrons. The Bertz CT molecular complexity index is 1710. The van der Waals surface area contributed by atoms with Crippen molar-refractivity contribution < 1.29 is 9.67 Å². The summed E-state index contributed by atoms with van der Waals surface area (Å²) < 4.78 is 16.8. The topological polar surface area (TPSA) is 72.9 Å². The van der Waals surface area contributed by atoms with Crippen LogP contribution in [-0.2, 0) is 11.1 Å². The first kappa shape index (κ1) is 28.1. The van der Waals surface area contributed by atoms with E-state index in [9.17, 15) is 9.67 Å². The molecule has 0 fully saturated rings. The van der Waals surface area contributed by atoms with Gasteiger partial charge in [0.2, 0.25) is 0 Å². The minimum absolute atomic E-state index is 0.244. The molecule has 0 saturated carbocycles. The van der Waals surface area contributed by atoms with Crippen molar-refractivity contribution >= 4 is 23.3 Å². The van der Waals surface area contributed by atoms with Gasteiger partial charge in [-0.3, -0.25) is 4.68 Å². The van der Waals surface area contributed by atoms with Crippen LogP contribution < -0.4 is 5.30 Å². The van der Waals surface area contributed by atoms with Gasteiger partial charge in [0.15, 0.2) is 0 Å². The van der Waals surface area contributed by atoms with Crippen LogP contribution >= 0.6 is 7.14 Å². The molecule has 0 aliphatic rings. The smallest absolute Gasteiger partial charge is 0.109 e. The summed E-state index contributed by atoms with van der Waals surface area (Å²) in [6.07, 6.45) is 1.37. The molecule has 0 unspecified atom stereocenters. The van der Waals surface area contributed by atoms with E-state index in [0.29, 0.717) is 6.54 Å². The van der Waals surface area contributed by atoms with Crippen LogP contribution in [0.3, 0.4) is 0 Å². The summed E-state index contributed by atoms with van der Waals surface area (Å²) in [5.41, 5.74) is 8.15. The van der Waals surface area contributed by atoms with Crippen LogP contribution in [-0.4, -0.2) is 38.0 Å². The van der Waals surface area contributed by atoms with Crippen molar-refractivity contribution in [2.24, 2.45) is 0 Å². The summed E-state index contributed by atoms with van der Waals surface area (Å²) in [5.74, 6) is 0.496. The van der Waals surface area contributed by atoms with Gasteiger partial charge >= 0.3 is 0 Å². The lowest BCUT2D eigenvalue weighted by Crippen LogP contribution is -2.11. The van der Waals surface area contributed by atoms with Crippen LogP contribution in [0.2, 0.25) is 0 Å². The zero-order valence-electron chi connectivity index (χ0n) is 24.5. The fraction of sp³-hybridized carbons (Fsp3) is 0.333. The number of nitrogens with zero attached hydrogens (tertiary/aromatic N) is 4. The Morgan fingerprint density at radius 1 is 0.900 bits per heavy atom. The summed E-state index contributed by atoms with van der Waals surface area (Å²) in [4.78, 5) is 0. The van der Waals surface area contributed by atoms with E-state index in [0.717, 1.165) is 50.0 Å². The van der Waals surface area contributed by atoms with Crippen LogP contribution in [0.4, 0.5) is 0 Å². The number of fused-ring (bicyclic) bond motifs is 1. The van der Waals surface area contributed by atoms with Crippen molar-refractivity contribution in [2.75, 3.05) is 13.3 Å². The van der Waals surface area contributed by atoms with E-state index in [1.54, 1.807) is 0 Å². The summed E-state index contributed by atoms with van der Waals surface area (Å²) in [6.45, 7) is 14.9. The number of hydrogen-bond donors (Lipinski definition) is 1. The molecule has 2 aromatic heterocycles. The highest BCUT2D eigenvalue weighted by Crippen LogP contribution is 2.39. The van der Waals surface area contributed by atoms with Crippen LogP contribution in [0.1, 0.15) is 68.0 Å². The van der Waals surface area contributed by atoms with Crippen LogP contribution in [0, 0.1) is 6.92 Å². The monoisotopic (exact) mass is 554 g/mol. The third-order valence-electron chi connectivity index (χ3n) is 7.62. The molecule has 0 radical (unpaired) electrons.